The lowest BCUT2D eigenvalue weighted by Gasteiger charge is -2.21. The number of nitrogens with one attached hydrogen (secondary N) is 1. The number of aryl methyl sites for hydroxylation is 1. The second-order valence-corrected chi connectivity index (χ2v) is 7.24. The van der Waals surface area contributed by atoms with Crippen LogP contribution in [0.25, 0.3) is 0 Å². The van der Waals surface area contributed by atoms with Crippen molar-refractivity contribution in [3.63, 3.8) is 0 Å². The van der Waals surface area contributed by atoms with Gasteiger partial charge in [-0.3, -0.25) is 4.79 Å². The van der Waals surface area contributed by atoms with Crippen molar-refractivity contribution < 1.29 is 19.0 Å². The third-order valence-electron chi connectivity index (χ3n) is 4.56. The Balaban J connectivity index is 2.03. The van der Waals surface area contributed by atoms with Crippen molar-refractivity contribution in [3.05, 3.63) is 69.7 Å². The van der Waals surface area contributed by atoms with E-state index in [0.717, 1.165) is 5.56 Å². The first kappa shape index (κ1) is 21.8. The molecule has 2 aromatic carbocycles. The van der Waals surface area contributed by atoms with Gasteiger partial charge in [0.2, 0.25) is 0 Å². The molecule has 1 aromatic heterocycles. The number of rotatable bonds is 7. The minimum absolute atomic E-state index is 0.242. The minimum atomic E-state index is -0.582. The lowest BCUT2D eigenvalue weighted by atomic mass is 10.0. The van der Waals surface area contributed by atoms with Crippen LogP contribution in [-0.2, 0) is 7.05 Å². The molecule has 158 valence electrons. The van der Waals surface area contributed by atoms with Gasteiger partial charge in [-0.05, 0) is 29.8 Å². The summed E-state index contributed by atoms with van der Waals surface area (Å²) >= 11 is 12.4. The number of carbonyl (C=O) groups excluding carboxylic acids is 1. The van der Waals surface area contributed by atoms with E-state index in [4.69, 9.17) is 37.4 Å². The summed E-state index contributed by atoms with van der Waals surface area (Å²) in [6.07, 6.45) is 3.46. The number of aromatic nitrogens is 2. The Labute approximate surface area is 184 Å². The molecule has 0 bridgehead atoms. The van der Waals surface area contributed by atoms with Gasteiger partial charge >= 0.3 is 0 Å². The van der Waals surface area contributed by atoms with E-state index in [1.165, 1.54) is 19.2 Å². The zero-order valence-corrected chi connectivity index (χ0v) is 18.4. The highest BCUT2D eigenvalue weighted by atomic mass is 35.5. The number of nitrogens with zero attached hydrogens (tertiary/aromatic N) is 2. The van der Waals surface area contributed by atoms with Crippen molar-refractivity contribution in [2.75, 3.05) is 21.3 Å². The lowest BCUT2D eigenvalue weighted by Crippen LogP contribution is -2.31. The molecule has 3 aromatic rings. The van der Waals surface area contributed by atoms with Crippen LogP contribution in [0.5, 0.6) is 17.2 Å². The summed E-state index contributed by atoms with van der Waals surface area (Å²) in [5.41, 5.74) is 1.03. The molecule has 9 heteroatoms. The van der Waals surface area contributed by atoms with Gasteiger partial charge in [0.05, 0.1) is 31.4 Å². The predicted octanol–water partition coefficient (Wildman–Crippen LogP) is 4.27. The van der Waals surface area contributed by atoms with E-state index >= 15 is 0 Å². The number of halogens is 2. The highest BCUT2D eigenvalue weighted by Gasteiger charge is 2.24. The van der Waals surface area contributed by atoms with Crippen molar-refractivity contribution in [3.8, 4) is 17.2 Å². The number of hydrogen-bond acceptors (Lipinski definition) is 5. The van der Waals surface area contributed by atoms with E-state index < -0.39 is 6.04 Å². The van der Waals surface area contributed by atoms with Crippen LogP contribution >= 0.6 is 23.2 Å². The third-order valence-corrected chi connectivity index (χ3v) is 5.13. The molecule has 7 nitrogen and oxygen atoms in total. The van der Waals surface area contributed by atoms with E-state index in [9.17, 15) is 4.79 Å². The standard InChI is InChI=1S/C21H21Cl2N3O4/c1-26-6-5-24-20(26)18(12-7-14(28-2)11-15(8-12)29-3)25-21(27)13-9-16(22)19(30-4)17(23)10-13/h5-11,18H,1-4H3,(H,25,27). The fraction of sp³-hybridized carbons (Fsp3) is 0.238. The summed E-state index contributed by atoms with van der Waals surface area (Å²) in [5.74, 6) is 1.75. The number of methoxy groups -OCH3 is 3. The molecule has 0 fully saturated rings. The van der Waals surface area contributed by atoms with Crippen LogP contribution in [0, 0.1) is 0 Å². The molecule has 1 heterocycles. The molecule has 1 unspecified atom stereocenters. The first-order valence-corrected chi connectivity index (χ1v) is 9.67. The fourth-order valence-electron chi connectivity index (χ4n) is 3.05. The molecule has 1 amide bonds. The number of benzene rings is 2. The molecule has 0 spiro atoms. The van der Waals surface area contributed by atoms with E-state index in [1.807, 2.05) is 23.7 Å². The maximum atomic E-state index is 13.1. The van der Waals surface area contributed by atoms with E-state index in [2.05, 4.69) is 10.3 Å². The highest BCUT2D eigenvalue weighted by Crippen LogP contribution is 2.34. The monoisotopic (exact) mass is 449 g/mol. The summed E-state index contributed by atoms with van der Waals surface area (Å²) in [5, 5.41) is 3.48. The molecule has 0 radical (unpaired) electrons. The first-order valence-electron chi connectivity index (χ1n) is 8.92. The van der Waals surface area contributed by atoms with E-state index in [0.29, 0.717) is 28.6 Å². The van der Waals surface area contributed by atoms with Gasteiger partial charge in [0.15, 0.2) is 5.75 Å². The maximum absolute atomic E-state index is 13.1. The molecule has 1 N–H and O–H groups in total. The average Bonchev–Trinajstić information content (AvgIpc) is 3.16. The van der Waals surface area contributed by atoms with Crippen molar-refractivity contribution in [1.82, 2.24) is 14.9 Å². The number of amides is 1. The van der Waals surface area contributed by atoms with Crippen LogP contribution in [0.1, 0.15) is 27.8 Å². The number of hydrogen-bond donors (Lipinski definition) is 1. The lowest BCUT2D eigenvalue weighted by molar-refractivity contribution is 0.0941. The van der Waals surface area contributed by atoms with Crippen LogP contribution < -0.4 is 19.5 Å². The van der Waals surface area contributed by atoms with Crippen molar-refractivity contribution in [2.24, 2.45) is 7.05 Å². The minimum Gasteiger partial charge on any atom is -0.497 e. The predicted molar refractivity (Wildman–Crippen MR) is 115 cm³/mol. The van der Waals surface area contributed by atoms with Gasteiger partial charge in [-0.1, -0.05) is 23.2 Å². The molecule has 3 rings (SSSR count). The van der Waals surface area contributed by atoms with Crippen LogP contribution in [-0.4, -0.2) is 36.8 Å². The van der Waals surface area contributed by atoms with Crippen molar-refractivity contribution >= 4 is 29.1 Å². The summed E-state index contributed by atoms with van der Waals surface area (Å²) in [7, 11) is 6.43. The van der Waals surface area contributed by atoms with Crippen molar-refractivity contribution in [2.45, 2.75) is 6.04 Å². The maximum Gasteiger partial charge on any atom is 0.252 e. The first-order chi connectivity index (χ1) is 14.4. The SMILES string of the molecule is COc1cc(OC)cc(C(NC(=O)c2cc(Cl)c(OC)c(Cl)c2)c2nccn2C)c1. The van der Waals surface area contributed by atoms with Gasteiger partial charge in [-0.2, -0.15) is 0 Å². The zero-order chi connectivity index (χ0) is 21.8. The summed E-state index contributed by atoms with van der Waals surface area (Å²) in [6.45, 7) is 0. The van der Waals surface area contributed by atoms with Gasteiger partial charge in [0.1, 0.15) is 23.4 Å². The Morgan fingerprint density at radius 2 is 1.60 bits per heavy atom. The molecule has 0 saturated carbocycles. The zero-order valence-electron chi connectivity index (χ0n) is 16.9. The van der Waals surface area contributed by atoms with Gasteiger partial charge in [-0.25, -0.2) is 4.98 Å². The Morgan fingerprint density at radius 1 is 1.00 bits per heavy atom. The summed E-state index contributed by atoms with van der Waals surface area (Å²) in [6, 6.07) is 7.81. The number of ether oxygens (including phenoxy) is 3. The third kappa shape index (κ3) is 4.47. The van der Waals surface area contributed by atoms with Gasteiger partial charge in [0.25, 0.3) is 5.91 Å². The van der Waals surface area contributed by atoms with Crippen LogP contribution in [0.4, 0.5) is 0 Å². The number of imidazole rings is 1. The average molecular weight is 450 g/mol. The topological polar surface area (TPSA) is 74.6 Å². The molecule has 0 aliphatic carbocycles. The normalized spacial score (nSPS) is 11.7. The second kappa shape index (κ2) is 9.28. The summed E-state index contributed by atoms with van der Waals surface area (Å²) in [4.78, 5) is 17.5. The van der Waals surface area contributed by atoms with Crippen LogP contribution in [0.2, 0.25) is 10.0 Å². The molecule has 1 atom stereocenters. The molecular formula is C21H21Cl2N3O4. The Hall–Kier alpha value is -2.90. The van der Waals surface area contributed by atoms with Crippen molar-refractivity contribution in [1.29, 1.82) is 0 Å². The Morgan fingerprint density at radius 3 is 2.07 bits per heavy atom. The smallest absolute Gasteiger partial charge is 0.252 e. The molecule has 0 aliphatic heterocycles. The van der Waals surface area contributed by atoms with Gasteiger partial charge in [0, 0.05) is 31.1 Å². The molecule has 0 aliphatic rings. The second-order valence-electron chi connectivity index (χ2n) is 6.42. The fourth-order valence-corrected chi connectivity index (χ4v) is 3.69. The number of carbonyl (C=O) groups is 1. The summed E-state index contributed by atoms with van der Waals surface area (Å²) < 4.78 is 17.7. The molecular weight excluding hydrogens is 429 g/mol. The molecule has 30 heavy (non-hydrogen) atoms. The Kier molecular flexibility index (Phi) is 6.74. The quantitative estimate of drug-likeness (QED) is 0.582. The largest absolute Gasteiger partial charge is 0.497 e. The van der Waals surface area contributed by atoms with E-state index in [1.54, 1.807) is 32.7 Å². The van der Waals surface area contributed by atoms with Gasteiger partial charge < -0.3 is 24.1 Å². The van der Waals surface area contributed by atoms with Gasteiger partial charge in [-0.15, -0.1) is 0 Å². The van der Waals surface area contributed by atoms with E-state index in [-0.39, 0.29) is 16.0 Å². The Bertz CT molecular complexity index is 1020. The van der Waals surface area contributed by atoms with Crippen LogP contribution in [0.15, 0.2) is 42.7 Å². The van der Waals surface area contributed by atoms with Crippen LogP contribution in [0.3, 0.4) is 0 Å². The molecule has 0 saturated heterocycles. The highest BCUT2D eigenvalue weighted by molar-refractivity contribution is 6.37.